The highest BCUT2D eigenvalue weighted by atomic mass is 35.5. The summed E-state index contributed by atoms with van der Waals surface area (Å²) in [7, 11) is 0. The van der Waals surface area contributed by atoms with E-state index in [2.05, 4.69) is 10.6 Å². The Labute approximate surface area is 121 Å². The van der Waals surface area contributed by atoms with Crippen LogP contribution >= 0.6 is 12.4 Å². The lowest BCUT2D eigenvalue weighted by molar-refractivity contribution is -0.137. The number of carbonyl (C=O) groups is 1. The third kappa shape index (κ3) is 4.38. The minimum Gasteiger partial charge on any atom is -0.352 e. The molecule has 2 N–H and O–H groups in total. The van der Waals surface area contributed by atoms with Gasteiger partial charge in [-0.25, -0.2) is 0 Å². The molecule has 7 heteroatoms. The molecule has 1 fully saturated rings. The zero-order valence-electron chi connectivity index (χ0n) is 10.7. The first kappa shape index (κ1) is 16.8. The Morgan fingerprint density at radius 1 is 1.30 bits per heavy atom. The van der Waals surface area contributed by atoms with Crippen molar-refractivity contribution in [3.8, 4) is 0 Å². The summed E-state index contributed by atoms with van der Waals surface area (Å²) < 4.78 is 37.1. The van der Waals surface area contributed by atoms with Crippen molar-refractivity contribution in [2.75, 3.05) is 13.1 Å². The third-order valence-electron chi connectivity index (χ3n) is 3.18. The zero-order valence-corrected chi connectivity index (χ0v) is 11.5. The first-order valence-electron chi connectivity index (χ1n) is 6.11. The number of amides is 1. The van der Waals surface area contributed by atoms with Gasteiger partial charge < -0.3 is 10.6 Å². The second-order valence-corrected chi connectivity index (χ2v) is 4.60. The van der Waals surface area contributed by atoms with Crippen LogP contribution in [0.1, 0.15) is 17.5 Å². The van der Waals surface area contributed by atoms with Gasteiger partial charge in [-0.1, -0.05) is 12.1 Å². The molecule has 1 amide bonds. The molecule has 1 aromatic rings. The first-order valence-corrected chi connectivity index (χ1v) is 6.11. The molecule has 1 aromatic carbocycles. The van der Waals surface area contributed by atoms with E-state index < -0.39 is 11.7 Å². The molecule has 2 rings (SSSR count). The van der Waals surface area contributed by atoms with Gasteiger partial charge in [0, 0.05) is 13.1 Å². The van der Waals surface area contributed by atoms with Gasteiger partial charge in [0.15, 0.2) is 0 Å². The summed E-state index contributed by atoms with van der Waals surface area (Å²) in [4.78, 5) is 11.7. The Morgan fingerprint density at radius 3 is 2.45 bits per heavy atom. The summed E-state index contributed by atoms with van der Waals surface area (Å²) in [5.41, 5.74) is -0.0186. The molecular formula is C13H16ClF3N2O. The van der Waals surface area contributed by atoms with Crippen LogP contribution < -0.4 is 10.6 Å². The topological polar surface area (TPSA) is 41.1 Å². The highest BCUT2D eigenvalue weighted by Crippen LogP contribution is 2.29. The summed E-state index contributed by atoms with van der Waals surface area (Å²) in [5, 5.41) is 5.83. The zero-order chi connectivity index (χ0) is 13.9. The summed E-state index contributed by atoms with van der Waals surface area (Å²) in [6, 6.07) is 4.82. The van der Waals surface area contributed by atoms with Crippen LogP contribution in [0.3, 0.4) is 0 Å². The van der Waals surface area contributed by atoms with E-state index in [9.17, 15) is 18.0 Å². The molecular weight excluding hydrogens is 293 g/mol. The molecule has 3 nitrogen and oxygen atoms in total. The monoisotopic (exact) mass is 308 g/mol. The van der Waals surface area contributed by atoms with Gasteiger partial charge in [0.05, 0.1) is 11.5 Å². The van der Waals surface area contributed by atoms with Gasteiger partial charge in [-0.15, -0.1) is 12.4 Å². The highest BCUT2D eigenvalue weighted by Gasteiger charge is 2.30. The quantitative estimate of drug-likeness (QED) is 0.900. The Balaban J connectivity index is 0.00000200. The van der Waals surface area contributed by atoms with E-state index in [1.807, 2.05) is 0 Å². The fourth-order valence-electron chi connectivity index (χ4n) is 2.02. The normalized spacial score (nSPS) is 18.4. The van der Waals surface area contributed by atoms with E-state index in [1.165, 1.54) is 12.1 Å². The van der Waals surface area contributed by atoms with E-state index >= 15 is 0 Å². The van der Waals surface area contributed by atoms with E-state index in [4.69, 9.17) is 0 Å². The molecule has 0 saturated carbocycles. The number of rotatable bonds is 3. The van der Waals surface area contributed by atoms with Crippen molar-refractivity contribution in [3.63, 3.8) is 0 Å². The number of carbonyl (C=O) groups excluding carboxylic acids is 1. The molecule has 0 spiro atoms. The largest absolute Gasteiger partial charge is 0.416 e. The maximum absolute atomic E-state index is 12.4. The van der Waals surface area contributed by atoms with Crippen LogP contribution in [0.5, 0.6) is 0 Å². The first-order chi connectivity index (χ1) is 8.97. The van der Waals surface area contributed by atoms with Crippen LogP contribution in [0.4, 0.5) is 13.2 Å². The van der Waals surface area contributed by atoms with Gasteiger partial charge in [0.25, 0.3) is 0 Å². The molecule has 1 aliphatic heterocycles. The van der Waals surface area contributed by atoms with Crippen LogP contribution in [0, 0.1) is 5.92 Å². The van der Waals surface area contributed by atoms with Crippen molar-refractivity contribution in [3.05, 3.63) is 35.4 Å². The van der Waals surface area contributed by atoms with Gasteiger partial charge in [-0.05, 0) is 30.7 Å². The molecule has 0 aliphatic carbocycles. The highest BCUT2D eigenvalue weighted by molar-refractivity contribution is 5.85. The maximum Gasteiger partial charge on any atom is 0.416 e. The van der Waals surface area contributed by atoms with Crippen molar-refractivity contribution in [2.24, 2.45) is 5.92 Å². The predicted molar refractivity (Wildman–Crippen MR) is 71.5 cm³/mol. The van der Waals surface area contributed by atoms with Crippen LogP contribution in [-0.4, -0.2) is 19.0 Å². The summed E-state index contributed by atoms with van der Waals surface area (Å²) in [5.74, 6) is -0.0839. The summed E-state index contributed by atoms with van der Waals surface area (Å²) in [6.07, 6.45) is -3.52. The molecule has 0 radical (unpaired) electrons. The molecule has 1 unspecified atom stereocenters. The standard InChI is InChI=1S/C13H15F3N2O.ClH/c14-13(15,16)11-3-1-9(2-4-11)7-18-12(19)10-5-6-17-8-10;/h1-4,10,17H,5-8H2,(H,18,19);1H. The van der Waals surface area contributed by atoms with Crippen molar-refractivity contribution in [2.45, 2.75) is 19.1 Å². The molecule has 1 atom stereocenters. The average molecular weight is 309 g/mol. The van der Waals surface area contributed by atoms with Crippen molar-refractivity contribution < 1.29 is 18.0 Å². The van der Waals surface area contributed by atoms with E-state index in [0.29, 0.717) is 12.1 Å². The molecule has 1 heterocycles. The predicted octanol–water partition coefficient (Wildman–Crippen LogP) is 2.35. The minimum atomic E-state index is -4.32. The Kier molecular flexibility index (Phi) is 5.83. The van der Waals surface area contributed by atoms with Crippen LogP contribution in [0.15, 0.2) is 24.3 Å². The summed E-state index contributed by atoms with van der Waals surface area (Å²) in [6.45, 7) is 1.75. The SMILES string of the molecule is Cl.O=C(NCc1ccc(C(F)(F)F)cc1)C1CCNC1. The van der Waals surface area contributed by atoms with E-state index in [1.54, 1.807) is 0 Å². The smallest absolute Gasteiger partial charge is 0.352 e. The molecule has 0 aromatic heterocycles. The average Bonchev–Trinajstić information content (AvgIpc) is 2.89. The van der Waals surface area contributed by atoms with Gasteiger partial charge >= 0.3 is 6.18 Å². The van der Waals surface area contributed by atoms with Gasteiger partial charge in [0.1, 0.15) is 0 Å². The van der Waals surface area contributed by atoms with Crippen LogP contribution in [-0.2, 0) is 17.5 Å². The Hall–Kier alpha value is -1.27. The number of alkyl halides is 3. The van der Waals surface area contributed by atoms with Gasteiger partial charge in [-0.2, -0.15) is 13.2 Å². The molecule has 1 aliphatic rings. The molecule has 112 valence electrons. The fraction of sp³-hybridized carbons (Fsp3) is 0.462. The lowest BCUT2D eigenvalue weighted by atomic mass is 10.1. The van der Waals surface area contributed by atoms with Gasteiger partial charge in [-0.3, -0.25) is 4.79 Å². The lowest BCUT2D eigenvalue weighted by Crippen LogP contribution is -2.31. The van der Waals surface area contributed by atoms with Crippen molar-refractivity contribution >= 4 is 18.3 Å². The number of hydrogen-bond donors (Lipinski definition) is 2. The number of benzene rings is 1. The molecule has 1 saturated heterocycles. The van der Waals surface area contributed by atoms with Crippen molar-refractivity contribution in [1.82, 2.24) is 10.6 Å². The number of hydrogen-bond acceptors (Lipinski definition) is 2. The lowest BCUT2D eigenvalue weighted by Gasteiger charge is -2.11. The van der Waals surface area contributed by atoms with Gasteiger partial charge in [0.2, 0.25) is 5.91 Å². The van der Waals surface area contributed by atoms with Crippen LogP contribution in [0.2, 0.25) is 0 Å². The number of nitrogens with one attached hydrogen (secondary N) is 2. The summed E-state index contributed by atoms with van der Waals surface area (Å²) >= 11 is 0. The molecule has 20 heavy (non-hydrogen) atoms. The second kappa shape index (κ2) is 6.95. The third-order valence-corrected chi connectivity index (χ3v) is 3.18. The van der Waals surface area contributed by atoms with E-state index in [-0.39, 0.29) is 30.8 Å². The van der Waals surface area contributed by atoms with E-state index in [0.717, 1.165) is 25.1 Å². The fourth-order valence-corrected chi connectivity index (χ4v) is 2.02. The van der Waals surface area contributed by atoms with Crippen LogP contribution in [0.25, 0.3) is 0 Å². The Morgan fingerprint density at radius 2 is 1.95 bits per heavy atom. The Bertz CT molecular complexity index is 442. The minimum absolute atomic E-state index is 0. The second-order valence-electron chi connectivity index (χ2n) is 4.60. The number of halogens is 4. The van der Waals surface area contributed by atoms with Crippen molar-refractivity contribution in [1.29, 1.82) is 0 Å². The molecule has 0 bridgehead atoms. The maximum atomic E-state index is 12.4.